The molecule has 3 N–H and O–H groups in total. The van der Waals surface area contributed by atoms with E-state index in [1.54, 1.807) is 6.07 Å². The molecule has 0 aromatic heterocycles. The number of nitrogens with two attached hydrogens (primary N) is 1. The Kier molecular flexibility index (Phi) is 4.80. The molecule has 1 fully saturated rings. The number of nitrogens with one attached hydrogen (secondary N) is 1. The molecule has 19 heavy (non-hydrogen) atoms. The largest absolute Gasteiger partial charge is 0.462 e. The second kappa shape index (κ2) is 6.57. The van der Waals surface area contributed by atoms with E-state index in [0.717, 1.165) is 31.4 Å². The van der Waals surface area contributed by atoms with Gasteiger partial charge in [-0.15, -0.1) is 0 Å². The lowest BCUT2D eigenvalue weighted by Crippen LogP contribution is -2.34. The van der Waals surface area contributed by atoms with E-state index in [2.05, 4.69) is 5.32 Å². The van der Waals surface area contributed by atoms with Crippen LogP contribution in [0.4, 0.5) is 5.69 Å². The van der Waals surface area contributed by atoms with Crippen LogP contribution in [0, 0.1) is 0 Å². The Morgan fingerprint density at radius 2 is 2.32 bits per heavy atom. The van der Waals surface area contributed by atoms with Crippen molar-refractivity contribution in [2.75, 3.05) is 11.9 Å². The Labute approximate surface area is 114 Å². The summed E-state index contributed by atoms with van der Waals surface area (Å²) in [5.41, 5.74) is 7.53. The first-order valence-corrected chi connectivity index (χ1v) is 6.98. The van der Waals surface area contributed by atoms with Crippen LogP contribution in [0.15, 0.2) is 24.3 Å². The highest BCUT2D eigenvalue weighted by Gasteiger charge is 2.19. The summed E-state index contributed by atoms with van der Waals surface area (Å²) in [5, 5.41) is 3.46. The van der Waals surface area contributed by atoms with E-state index in [9.17, 15) is 4.79 Å². The highest BCUT2D eigenvalue weighted by atomic mass is 16.5. The molecule has 2 unspecified atom stereocenters. The van der Waals surface area contributed by atoms with Crippen molar-refractivity contribution in [3.63, 3.8) is 0 Å². The quantitative estimate of drug-likeness (QED) is 0.818. The van der Waals surface area contributed by atoms with Crippen molar-refractivity contribution in [2.45, 2.75) is 44.7 Å². The van der Waals surface area contributed by atoms with Gasteiger partial charge in [-0.25, -0.2) is 4.79 Å². The van der Waals surface area contributed by atoms with E-state index in [-0.39, 0.29) is 5.97 Å². The summed E-state index contributed by atoms with van der Waals surface area (Å²) in [5.74, 6) is -0.272. The molecule has 0 amide bonds. The molecule has 4 nitrogen and oxygen atoms in total. The number of carbonyl (C=O) groups is 1. The lowest BCUT2D eigenvalue weighted by atomic mass is 9.91. The van der Waals surface area contributed by atoms with Crippen molar-refractivity contribution in [2.24, 2.45) is 5.73 Å². The van der Waals surface area contributed by atoms with E-state index in [0.29, 0.717) is 24.3 Å². The van der Waals surface area contributed by atoms with Gasteiger partial charge in [-0.05, 0) is 50.8 Å². The summed E-state index contributed by atoms with van der Waals surface area (Å²) in [7, 11) is 0. The van der Waals surface area contributed by atoms with Crippen LogP contribution in [-0.2, 0) is 4.74 Å². The summed E-state index contributed by atoms with van der Waals surface area (Å²) < 4.78 is 5.00. The van der Waals surface area contributed by atoms with Gasteiger partial charge in [0.05, 0.1) is 12.2 Å². The maximum Gasteiger partial charge on any atom is 0.338 e. The second-order valence-electron chi connectivity index (χ2n) is 5.07. The fourth-order valence-electron chi connectivity index (χ4n) is 2.54. The molecule has 1 aromatic carbocycles. The number of anilines is 1. The van der Waals surface area contributed by atoms with Crippen LogP contribution >= 0.6 is 0 Å². The average Bonchev–Trinajstić information content (AvgIpc) is 2.39. The van der Waals surface area contributed by atoms with Gasteiger partial charge in [-0.3, -0.25) is 0 Å². The average molecular weight is 262 g/mol. The van der Waals surface area contributed by atoms with Gasteiger partial charge >= 0.3 is 5.97 Å². The minimum absolute atomic E-state index is 0.272. The smallest absolute Gasteiger partial charge is 0.338 e. The van der Waals surface area contributed by atoms with Gasteiger partial charge in [0, 0.05) is 17.8 Å². The minimum Gasteiger partial charge on any atom is -0.462 e. The Morgan fingerprint density at radius 1 is 1.47 bits per heavy atom. The molecular weight excluding hydrogens is 240 g/mol. The van der Waals surface area contributed by atoms with Crippen LogP contribution in [0.3, 0.4) is 0 Å². The molecule has 0 saturated heterocycles. The Morgan fingerprint density at radius 3 is 3.05 bits per heavy atom. The van der Waals surface area contributed by atoms with Crippen molar-refractivity contribution >= 4 is 11.7 Å². The normalized spacial score (nSPS) is 22.8. The molecule has 1 aliphatic carbocycles. The van der Waals surface area contributed by atoms with Crippen LogP contribution in [-0.4, -0.2) is 24.7 Å². The highest BCUT2D eigenvalue weighted by molar-refractivity contribution is 5.90. The number of esters is 1. The number of hydrogen-bond acceptors (Lipinski definition) is 4. The Bertz CT molecular complexity index is 434. The van der Waals surface area contributed by atoms with Gasteiger partial charge in [0.25, 0.3) is 0 Å². The highest BCUT2D eigenvalue weighted by Crippen LogP contribution is 2.21. The molecule has 1 aliphatic rings. The van der Waals surface area contributed by atoms with Crippen LogP contribution in [0.1, 0.15) is 43.0 Å². The summed E-state index contributed by atoms with van der Waals surface area (Å²) >= 11 is 0. The standard InChI is InChI=1S/C15H22N2O2/c1-2-19-15(18)11-5-3-7-13(9-11)17-14-8-4-6-12(16)10-14/h3,5,7,9,12,14,17H,2,4,6,8,10,16H2,1H3. The monoisotopic (exact) mass is 262 g/mol. The zero-order valence-corrected chi connectivity index (χ0v) is 11.4. The first-order chi connectivity index (χ1) is 9.19. The maximum atomic E-state index is 11.7. The lowest BCUT2D eigenvalue weighted by Gasteiger charge is -2.28. The summed E-state index contributed by atoms with van der Waals surface area (Å²) in [6.07, 6.45) is 4.40. The molecule has 2 rings (SSSR count). The zero-order chi connectivity index (χ0) is 13.7. The Balaban J connectivity index is 2.00. The molecule has 4 heteroatoms. The van der Waals surface area contributed by atoms with Gasteiger partial charge in [0.1, 0.15) is 0 Å². The summed E-state index contributed by atoms with van der Waals surface area (Å²) in [6.45, 7) is 2.21. The minimum atomic E-state index is -0.272. The molecule has 0 radical (unpaired) electrons. The van der Waals surface area contributed by atoms with Crippen molar-refractivity contribution in [1.82, 2.24) is 0 Å². The number of rotatable bonds is 4. The molecule has 1 aromatic rings. The van der Waals surface area contributed by atoms with Gasteiger partial charge in [-0.2, -0.15) is 0 Å². The second-order valence-corrected chi connectivity index (χ2v) is 5.07. The van der Waals surface area contributed by atoms with E-state index >= 15 is 0 Å². The van der Waals surface area contributed by atoms with E-state index in [4.69, 9.17) is 10.5 Å². The molecule has 0 bridgehead atoms. The molecule has 1 saturated carbocycles. The SMILES string of the molecule is CCOC(=O)c1cccc(NC2CCCC(N)C2)c1. The van der Waals surface area contributed by atoms with Gasteiger partial charge in [0.15, 0.2) is 0 Å². The molecule has 0 heterocycles. The molecule has 0 aliphatic heterocycles. The lowest BCUT2D eigenvalue weighted by molar-refractivity contribution is 0.0526. The predicted octanol–water partition coefficient (Wildman–Crippen LogP) is 2.55. The fourth-order valence-corrected chi connectivity index (χ4v) is 2.54. The molecule has 104 valence electrons. The van der Waals surface area contributed by atoms with Gasteiger partial charge in [0.2, 0.25) is 0 Å². The van der Waals surface area contributed by atoms with Crippen molar-refractivity contribution in [3.05, 3.63) is 29.8 Å². The van der Waals surface area contributed by atoms with Crippen LogP contribution in [0.5, 0.6) is 0 Å². The van der Waals surface area contributed by atoms with E-state index in [1.165, 1.54) is 0 Å². The van der Waals surface area contributed by atoms with Gasteiger partial charge < -0.3 is 15.8 Å². The fraction of sp³-hybridized carbons (Fsp3) is 0.533. The first-order valence-electron chi connectivity index (χ1n) is 6.98. The van der Waals surface area contributed by atoms with Crippen LogP contribution < -0.4 is 11.1 Å². The first kappa shape index (κ1) is 13.9. The molecule has 2 atom stereocenters. The van der Waals surface area contributed by atoms with Crippen LogP contribution in [0.2, 0.25) is 0 Å². The number of hydrogen-bond donors (Lipinski definition) is 2. The summed E-state index contributed by atoms with van der Waals surface area (Å²) in [4.78, 5) is 11.7. The predicted molar refractivity (Wildman–Crippen MR) is 76.3 cm³/mol. The number of ether oxygens (including phenoxy) is 1. The van der Waals surface area contributed by atoms with Crippen LogP contribution in [0.25, 0.3) is 0 Å². The van der Waals surface area contributed by atoms with Crippen molar-refractivity contribution in [3.8, 4) is 0 Å². The van der Waals surface area contributed by atoms with Gasteiger partial charge in [-0.1, -0.05) is 6.07 Å². The number of carbonyl (C=O) groups excluding carboxylic acids is 1. The van der Waals surface area contributed by atoms with Crippen molar-refractivity contribution in [1.29, 1.82) is 0 Å². The summed E-state index contributed by atoms with van der Waals surface area (Å²) in [6, 6.07) is 8.16. The third-order valence-corrected chi connectivity index (χ3v) is 3.46. The zero-order valence-electron chi connectivity index (χ0n) is 11.4. The van der Waals surface area contributed by atoms with E-state index < -0.39 is 0 Å². The van der Waals surface area contributed by atoms with Crippen molar-refractivity contribution < 1.29 is 9.53 Å². The maximum absolute atomic E-state index is 11.7. The topological polar surface area (TPSA) is 64.3 Å². The molecular formula is C15H22N2O2. The third-order valence-electron chi connectivity index (χ3n) is 3.46. The Hall–Kier alpha value is -1.55. The number of benzene rings is 1. The van der Waals surface area contributed by atoms with E-state index in [1.807, 2.05) is 25.1 Å². The molecule has 0 spiro atoms. The third kappa shape index (κ3) is 3.96.